The Hall–Kier alpha value is -3.40. The summed E-state index contributed by atoms with van der Waals surface area (Å²) in [6.07, 6.45) is 1.32. The molecule has 9 nitrogen and oxygen atoms in total. The molecule has 27 heavy (non-hydrogen) atoms. The quantitative estimate of drug-likeness (QED) is 0.582. The van der Waals surface area contributed by atoms with Crippen LogP contribution in [0.5, 0.6) is 11.5 Å². The number of phenols is 1. The molecule has 0 amide bonds. The Kier molecular flexibility index (Phi) is 4.82. The van der Waals surface area contributed by atoms with E-state index in [1.807, 2.05) is 0 Å². The van der Waals surface area contributed by atoms with Crippen LogP contribution in [0.4, 0.5) is 0 Å². The zero-order chi connectivity index (χ0) is 19.6. The fraction of sp³-hybridized carbons (Fsp3) is 0.118. The summed E-state index contributed by atoms with van der Waals surface area (Å²) in [6, 6.07) is 10.6. The number of phenolic OH excluding ortho intramolecular Hbond substituents is 1. The van der Waals surface area contributed by atoms with Crippen LogP contribution in [0.3, 0.4) is 0 Å². The van der Waals surface area contributed by atoms with Gasteiger partial charge in [0.25, 0.3) is 10.0 Å². The van der Waals surface area contributed by atoms with Crippen molar-refractivity contribution in [2.45, 2.75) is 4.90 Å². The number of amidine groups is 1. The molecule has 0 aliphatic carbocycles. The van der Waals surface area contributed by atoms with E-state index in [0.29, 0.717) is 5.56 Å². The second kappa shape index (κ2) is 7.08. The molecule has 3 rings (SSSR count). The van der Waals surface area contributed by atoms with Crippen molar-refractivity contribution in [2.75, 3.05) is 13.7 Å². The van der Waals surface area contributed by atoms with Crippen LogP contribution < -0.4 is 4.74 Å². The number of hydrogen-bond acceptors (Lipinski definition) is 7. The predicted octanol–water partition coefficient (Wildman–Crippen LogP) is 1.27. The van der Waals surface area contributed by atoms with Crippen molar-refractivity contribution in [1.29, 1.82) is 0 Å². The number of rotatable bonds is 5. The van der Waals surface area contributed by atoms with Crippen LogP contribution in [0, 0.1) is 0 Å². The van der Waals surface area contributed by atoms with Gasteiger partial charge in [-0.3, -0.25) is 4.79 Å². The fourth-order valence-electron chi connectivity index (χ4n) is 2.48. The van der Waals surface area contributed by atoms with Crippen molar-refractivity contribution in [3.63, 3.8) is 0 Å². The van der Waals surface area contributed by atoms with Gasteiger partial charge in [-0.25, -0.2) is 5.01 Å². The van der Waals surface area contributed by atoms with Crippen molar-refractivity contribution in [1.82, 2.24) is 5.01 Å². The summed E-state index contributed by atoms with van der Waals surface area (Å²) in [7, 11) is -2.52. The number of carbonyl (C=O) groups is 1. The highest BCUT2D eigenvalue weighted by molar-refractivity contribution is 7.90. The molecule has 0 spiro atoms. The smallest absolute Gasteiger partial charge is 0.325 e. The Morgan fingerprint density at radius 3 is 2.74 bits per heavy atom. The van der Waals surface area contributed by atoms with Crippen LogP contribution in [0.1, 0.15) is 11.1 Å². The molecular weight excluding hydrogens is 374 g/mol. The van der Waals surface area contributed by atoms with Gasteiger partial charge < -0.3 is 14.9 Å². The minimum Gasteiger partial charge on any atom is -0.504 e. The number of carboxylic acids is 1. The predicted molar refractivity (Wildman–Crippen MR) is 96.8 cm³/mol. The van der Waals surface area contributed by atoms with Gasteiger partial charge in [-0.1, -0.05) is 12.1 Å². The summed E-state index contributed by atoms with van der Waals surface area (Å²) in [4.78, 5) is 11.2. The van der Waals surface area contributed by atoms with Crippen molar-refractivity contribution in [3.05, 3.63) is 53.6 Å². The number of benzene rings is 2. The molecule has 140 valence electrons. The Labute approximate surface area is 154 Å². The summed E-state index contributed by atoms with van der Waals surface area (Å²) in [5.41, 5.74) is 0.786. The van der Waals surface area contributed by atoms with Gasteiger partial charge in [-0.15, -0.1) is 4.40 Å². The second-order valence-electron chi connectivity index (χ2n) is 5.51. The van der Waals surface area contributed by atoms with E-state index in [9.17, 15) is 18.3 Å². The maximum Gasteiger partial charge on any atom is 0.325 e. The third kappa shape index (κ3) is 3.75. The molecule has 1 heterocycles. The Balaban J connectivity index is 2.00. The van der Waals surface area contributed by atoms with Crippen molar-refractivity contribution in [3.8, 4) is 11.5 Å². The summed E-state index contributed by atoms with van der Waals surface area (Å²) < 4.78 is 33.1. The molecular formula is C17H15N3O6S. The number of hydrogen-bond donors (Lipinski definition) is 2. The van der Waals surface area contributed by atoms with Gasteiger partial charge in [0.1, 0.15) is 11.4 Å². The summed E-state index contributed by atoms with van der Waals surface area (Å²) in [5, 5.41) is 23.9. The van der Waals surface area contributed by atoms with Crippen LogP contribution >= 0.6 is 0 Å². The fourth-order valence-corrected chi connectivity index (χ4v) is 3.69. The lowest BCUT2D eigenvalue weighted by atomic mass is 10.2. The average molecular weight is 389 g/mol. The standard InChI is InChI=1S/C17H15N3O6S/c1-26-14-8-11(6-7-13(14)21)9-18-20(10-16(22)23)17-12-4-2-3-5-15(12)27(24,25)19-17/h2-9,21H,10H2,1H3,(H,22,23). The number of nitrogens with zero attached hydrogens (tertiary/aromatic N) is 3. The van der Waals surface area contributed by atoms with Gasteiger partial charge in [0.05, 0.1) is 13.3 Å². The normalized spacial score (nSPS) is 14.6. The Bertz CT molecular complexity index is 1060. The van der Waals surface area contributed by atoms with E-state index < -0.39 is 22.5 Å². The lowest BCUT2D eigenvalue weighted by Gasteiger charge is -2.16. The zero-order valence-electron chi connectivity index (χ0n) is 14.1. The monoisotopic (exact) mass is 389 g/mol. The number of aromatic hydroxyl groups is 1. The maximum atomic E-state index is 12.2. The van der Waals surface area contributed by atoms with Gasteiger partial charge >= 0.3 is 5.97 Å². The molecule has 2 aromatic rings. The first-order chi connectivity index (χ1) is 12.8. The lowest BCUT2D eigenvalue weighted by Crippen LogP contribution is -2.31. The van der Waals surface area contributed by atoms with Crippen LogP contribution in [0.15, 0.2) is 56.9 Å². The van der Waals surface area contributed by atoms with Gasteiger partial charge in [-0.05, 0) is 35.9 Å². The van der Waals surface area contributed by atoms with Crippen LogP contribution in [-0.2, 0) is 14.8 Å². The van der Waals surface area contributed by atoms with Crippen LogP contribution in [0.2, 0.25) is 0 Å². The first-order valence-electron chi connectivity index (χ1n) is 7.66. The van der Waals surface area contributed by atoms with Gasteiger partial charge in [-0.2, -0.15) is 13.5 Å². The number of ether oxygens (including phenoxy) is 1. The molecule has 1 aliphatic heterocycles. The Morgan fingerprint density at radius 2 is 2.04 bits per heavy atom. The molecule has 0 saturated carbocycles. The van der Waals surface area contributed by atoms with E-state index in [0.717, 1.165) is 5.01 Å². The molecule has 0 unspecified atom stereocenters. The third-order valence-corrected chi connectivity index (χ3v) is 5.02. The summed E-state index contributed by atoms with van der Waals surface area (Å²) in [5.74, 6) is -1.12. The number of sulfonamides is 1. The number of hydrazone groups is 1. The summed E-state index contributed by atoms with van der Waals surface area (Å²) in [6.45, 7) is -0.589. The summed E-state index contributed by atoms with van der Waals surface area (Å²) >= 11 is 0. The van der Waals surface area contributed by atoms with Gasteiger partial charge in [0, 0.05) is 5.56 Å². The third-order valence-electron chi connectivity index (χ3n) is 3.69. The molecule has 0 fully saturated rings. The van der Waals surface area contributed by atoms with Crippen LogP contribution in [-0.4, -0.2) is 55.3 Å². The highest BCUT2D eigenvalue weighted by Crippen LogP contribution is 2.28. The van der Waals surface area contributed by atoms with Crippen molar-refractivity contribution in [2.24, 2.45) is 9.50 Å². The molecule has 10 heteroatoms. The Morgan fingerprint density at radius 1 is 1.30 bits per heavy atom. The van der Waals surface area contributed by atoms with E-state index >= 15 is 0 Å². The van der Waals surface area contributed by atoms with Crippen LogP contribution in [0.25, 0.3) is 0 Å². The topological polar surface area (TPSA) is 129 Å². The highest BCUT2D eigenvalue weighted by Gasteiger charge is 2.32. The zero-order valence-corrected chi connectivity index (χ0v) is 14.9. The first kappa shape index (κ1) is 18.4. The van der Waals surface area contributed by atoms with E-state index in [1.54, 1.807) is 18.2 Å². The van der Waals surface area contributed by atoms with Gasteiger partial charge in [0.15, 0.2) is 17.3 Å². The number of aliphatic carboxylic acids is 1. The molecule has 0 radical (unpaired) electrons. The molecule has 0 aromatic heterocycles. The lowest BCUT2D eigenvalue weighted by molar-refractivity contribution is -0.137. The highest BCUT2D eigenvalue weighted by atomic mass is 32.2. The minimum atomic E-state index is -3.91. The average Bonchev–Trinajstić information content (AvgIpc) is 2.91. The number of carboxylic acid groups (broad SMARTS) is 1. The molecule has 2 N–H and O–H groups in total. The SMILES string of the molecule is COc1cc(C=NN(CC(=O)O)C2=NS(=O)(=O)c3ccccc32)ccc1O. The molecule has 1 aliphatic rings. The largest absolute Gasteiger partial charge is 0.504 e. The van der Waals surface area contributed by atoms with Gasteiger partial charge in [0.2, 0.25) is 0 Å². The van der Waals surface area contributed by atoms with E-state index in [1.165, 1.54) is 37.6 Å². The molecule has 0 atom stereocenters. The minimum absolute atomic E-state index is 0.00288. The first-order valence-corrected chi connectivity index (χ1v) is 9.10. The number of methoxy groups -OCH3 is 1. The van der Waals surface area contributed by atoms with Crippen molar-refractivity contribution < 1.29 is 28.2 Å². The van der Waals surface area contributed by atoms with E-state index in [4.69, 9.17) is 9.84 Å². The molecule has 0 bridgehead atoms. The van der Waals surface area contributed by atoms with E-state index in [-0.39, 0.29) is 27.8 Å². The number of fused-ring (bicyclic) bond motifs is 1. The molecule has 0 saturated heterocycles. The maximum absolute atomic E-state index is 12.2. The molecule has 2 aromatic carbocycles. The van der Waals surface area contributed by atoms with E-state index in [2.05, 4.69) is 9.50 Å². The van der Waals surface area contributed by atoms with Crippen molar-refractivity contribution >= 4 is 28.0 Å². The second-order valence-corrected chi connectivity index (χ2v) is 7.09.